The van der Waals surface area contributed by atoms with Gasteiger partial charge in [0.25, 0.3) is 0 Å². The van der Waals surface area contributed by atoms with Crippen molar-refractivity contribution in [3.63, 3.8) is 0 Å². The van der Waals surface area contributed by atoms with Crippen molar-refractivity contribution in [2.45, 2.75) is 26.3 Å². The van der Waals surface area contributed by atoms with Gasteiger partial charge in [-0.05, 0) is 54.9 Å². The molecule has 0 fully saturated rings. The number of ether oxygens (including phenoxy) is 1. The van der Waals surface area contributed by atoms with Crippen LogP contribution in [0, 0.1) is 5.82 Å². The molecule has 0 aliphatic carbocycles. The number of rotatable bonds is 3. The van der Waals surface area contributed by atoms with E-state index in [1.54, 1.807) is 12.1 Å². The van der Waals surface area contributed by atoms with Crippen molar-refractivity contribution in [2.75, 3.05) is 5.32 Å². The number of benzene rings is 1. The molecule has 0 unspecified atom stereocenters. The zero-order valence-electron chi connectivity index (χ0n) is 11.6. The summed E-state index contributed by atoms with van der Waals surface area (Å²) in [5.74, 6) is 1.16. The smallest absolute Gasteiger partial charge is 0.221 e. The third kappa shape index (κ3) is 4.20. The van der Waals surface area contributed by atoms with Crippen LogP contribution in [0.4, 0.5) is 10.2 Å². The van der Waals surface area contributed by atoms with Crippen molar-refractivity contribution in [1.29, 1.82) is 0 Å². The van der Waals surface area contributed by atoms with E-state index in [0.29, 0.717) is 21.9 Å². The summed E-state index contributed by atoms with van der Waals surface area (Å²) >= 11 is 3.32. The fourth-order valence-corrected chi connectivity index (χ4v) is 1.92. The Morgan fingerprint density at radius 3 is 2.65 bits per heavy atom. The summed E-state index contributed by atoms with van der Waals surface area (Å²) in [5, 5.41) is 3.26. The van der Waals surface area contributed by atoms with Crippen molar-refractivity contribution in [1.82, 2.24) is 4.98 Å². The maximum absolute atomic E-state index is 13.2. The predicted octanol–water partition coefficient (Wildman–Crippen LogP) is 4.99. The summed E-state index contributed by atoms with van der Waals surface area (Å²) in [6, 6.07) is 9.70. The number of aromatic nitrogens is 1. The largest absolute Gasteiger partial charge is 0.438 e. The zero-order chi connectivity index (χ0) is 14.8. The molecule has 3 nitrogen and oxygen atoms in total. The molecule has 1 heterocycles. The molecule has 20 heavy (non-hydrogen) atoms. The maximum atomic E-state index is 13.2. The first-order chi connectivity index (χ1) is 9.33. The average Bonchev–Trinajstić information content (AvgIpc) is 2.32. The fraction of sp³-hybridized carbons (Fsp3) is 0.267. The lowest BCUT2D eigenvalue weighted by Crippen LogP contribution is -2.26. The monoisotopic (exact) mass is 338 g/mol. The molecule has 0 atom stereocenters. The van der Waals surface area contributed by atoms with E-state index in [0.717, 1.165) is 0 Å². The number of pyridine rings is 1. The first kappa shape index (κ1) is 14.8. The van der Waals surface area contributed by atoms with Gasteiger partial charge in [-0.25, -0.2) is 4.39 Å². The normalized spacial score (nSPS) is 11.2. The molecule has 0 spiro atoms. The van der Waals surface area contributed by atoms with Gasteiger partial charge in [-0.1, -0.05) is 6.07 Å². The highest BCUT2D eigenvalue weighted by atomic mass is 79.9. The van der Waals surface area contributed by atoms with Gasteiger partial charge in [0.1, 0.15) is 17.4 Å². The molecule has 1 aromatic carbocycles. The summed E-state index contributed by atoms with van der Waals surface area (Å²) in [6.07, 6.45) is 0. The van der Waals surface area contributed by atoms with Crippen LogP contribution in [-0.2, 0) is 0 Å². The van der Waals surface area contributed by atoms with E-state index in [4.69, 9.17) is 4.74 Å². The summed E-state index contributed by atoms with van der Waals surface area (Å²) in [6.45, 7) is 6.14. The molecular weight excluding hydrogens is 323 g/mol. The Morgan fingerprint density at radius 2 is 1.95 bits per heavy atom. The minimum Gasteiger partial charge on any atom is -0.438 e. The van der Waals surface area contributed by atoms with Gasteiger partial charge < -0.3 is 10.1 Å². The van der Waals surface area contributed by atoms with E-state index in [9.17, 15) is 4.39 Å². The van der Waals surface area contributed by atoms with Crippen molar-refractivity contribution in [3.8, 4) is 11.6 Å². The molecule has 0 amide bonds. The van der Waals surface area contributed by atoms with E-state index in [-0.39, 0.29) is 11.4 Å². The standard InChI is InChI=1S/C15H16BrFN2O/c1-15(2,3)19-13-5-4-6-14(18-13)20-12-9-10(17)7-8-11(12)16/h4-9H,1-3H3,(H,18,19). The number of anilines is 1. The van der Waals surface area contributed by atoms with E-state index in [1.807, 2.05) is 32.9 Å². The first-order valence-corrected chi connectivity index (χ1v) is 7.01. The summed E-state index contributed by atoms with van der Waals surface area (Å²) in [7, 11) is 0. The van der Waals surface area contributed by atoms with E-state index < -0.39 is 0 Å². The molecule has 0 aliphatic rings. The molecule has 0 saturated carbocycles. The molecule has 0 saturated heterocycles. The number of nitrogens with one attached hydrogen (secondary N) is 1. The van der Waals surface area contributed by atoms with Gasteiger partial charge in [0, 0.05) is 17.7 Å². The Bertz CT molecular complexity index is 611. The SMILES string of the molecule is CC(C)(C)Nc1cccc(Oc2cc(F)ccc2Br)n1. The number of hydrogen-bond donors (Lipinski definition) is 1. The van der Waals surface area contributed by atoms with E-state index >= 15 is 0 Å². The van der Waals surface area contributed by atoms with Crippen LogP contribution in [0.2, 0.25) is 0 Å². The van der Waals surface area contributed by atoms with Crippen LogP contribution in [-0.4, -0.2) is 10.5 Å². The Kier molecular flexibility index (Phi) is 4.28. The summed E-state index contributed by atoms with van der Waals surface area (Å²) in [4.78, 5) is 4.35. The second-order valence-electron chi connectivity index (χ2n) is 5.41. The van der Waals surface area contributed by atoms with Gasteiger partial charge in [0.2, 0.25) is 5.88 Å². The van der Waals surface area contributed by atoms with Crippen LogP contribution < -0.4 is 10.1 Å². The van der Waals surface area contributed by atoms with Crippen LogP contribution >= 0.6 is 15.9 Å². The van der Waals surface area contributed by atoms with Gasteiger partial charge in [0.15, 0.2) is 0 Å². The topological polar surface area (TPSA) is 34.1 Å². The number of halogens is 2. The van der Waals surface area contributed by atoms with Crippen LogP contribution in [0.3, 0.4) is 0 Å². The van der Waals surface area contributed by atoms with Crippen LogP contribution in [0.15, 0.2) is 40.9 Å². The molecule has 2 rings (SSSR count). The van der Waals surface area contributed by atoms with Gasteiger partial charge in [0.05, 0.1) is 4.47 Å². The number of nitrogens with zero attached hydrogens (tertiary/aromatic N) is 1. The lowest BCUT2D eigenvalue weighted by Gasteiger charge is -2.21. The lowest BCUT2D eigenvalue weighted by molar-refractivity contribution is 0.455. The number of hydrogen-bond acceptors (Lipinski definition) is 3. The Labute approximate surface area is 126 Å². The van der Waals surface area contributed by atoms with Crippen LogP contribution in [0.1, 0.15) is 20.8 Å². The molecule has 0 aliphatic heterocycles. The maximum Gasteiger partial charge on any atom is 0.221 e. The van der Waals surface area contributed by atoms with Gasteiger partial charge in [-0.15, -0.1) is 0 Å². The highest BCUT2D eigenvalue weighted by molar-refractivity contribution is 9.10. The third-order valence-corrected chi connectivity index (χ3v) is 2.99. The molecule has 2 aromatic rings. The molecule has 1 N–H and O–H groups in total. The van der Waals surface area contributed by atoms with Crippen molar-refractivity contribution < 1.29 is 9.13 Å². The average molecular weight is 339 g/mol. The van der Waals surface area contributed by atoms with E-state index in [1.165, 1.54) is 12.1 Å². The summed E-state index contributed by atoms with van der Waals surface area (Å²) < 4.78 is 19.5. The van der Waals surface area contributed by atoms with Crippen molar-refractivity contribution >= 4 is 21.7 Å². The second-order valence-corrected chi connectivity index (χ2v) is 6.27. The quantitative estimate of drug-likeness (QED) is 0.856. The Hall–Kier alpha value is -1.62. The molecule has 5 heteroatoms. The minimum atomic E-state index is -0.354. The predicted molar refractivity (Wildman–Crippen MR) is 81.8 cm³/mol. The molecule has 0 radical (unpaired) electrons. The Morgan fingerprint density at radius 1 is 1.20 bits per heavy atom. The molecular formula is C15H16BrFN2O. The van der Waals surface area contributed by atoms with Crippen LogP contribution in [0.25, 0.3) is 0 Å². The third-order valence-electron chi connectivity index (χ3n) is 2.33. The second kappa shape index (κ2) is 5.79. The lowest BCUT2D eigenvalue weighted by atomic mass is 10.1. The fourth-order valence-electron chi connectivity index (χ4n) is 1.59. The highest BCUT2D eigenvalue weighted by Crippen LogP contribution is 2.30. The van der Waals surface area contributed by atoms with Crippen molar-refractivity contribution in [2.24, 2.45) is 0 Å². The zero-order valence-corrected chi connectivity index (χ0v) is 13.2. The summed E-state index contributed by atoms with van der Waals surface area (Å²) in [5.41, 5.74) is -0.0922. The molecule has 1 aromatic heterocycles. The van der Waals surface area contributed by atoms with Crippen molar-refractivity contribution in [3.05, 3.63) is 46.7 Å². The highest BCUT2D eigenvalue weighted by Gasteiger charge is 2.11. The first-order valence-electron chi connectivity index (χ1n) is 6.22. The molecule has 0 bridgehead atoms. The van der Waals surface area contributed by atoms with Crippen LogP contribution in [0.5, 0.6) is 11.6 Å². The minimum absolute atomic E-state index is 0.0922. The Balaban J connectivity index is 2.21. The molecule has 106 valence electrons. The van der Waals surface area contributed by atoms with Gasteiger partial charge in [-0.2, -0.15) is 4.98 Å². The van der Waals surface area contributed by atoms with E-state index in [2.05, 4.69) is 26.2 Å². The van der Waals surface area contributed by atoms with Gasteiger partial charge in [-0.3, -0.25) is 0 Å². The van der Waals surface area contributed by atoms with Gasteiger partial charge >= 0.3 is 0 Å².